The van der Waals surface area contributed by atoms with E-state index in [1.165, 1.54) is 0 Å². The lowest BCUT2D eigenvalue weighted by molar-refractivity contribution is 0.0517. The summed E-state index contributed by atoms with van der Waals surface area (Å²) in [7, 11) is 0. The van der Waals surface area contributed by atoms with Crippen LogP contribution in [-0.2, 0) is 4.74 Å². The number of nitrogens with one attached hydrogen (secondary N) is 1. The molecule has 0 aliphatic rings. The first kappa shape index (κ1) is 7.81. The summed E-state index contributed by atoms with van der Waals surface area (Å²) in [6.07, 6.45) is 3.25. The van der Waals surface area contributed by atoms with E-state index in [-0.39, 0.29) is 12.6 Å². The van der Waals surface area contributed by atoms with E-state index in [1.807, 2.05) is 0 Å². The molecule has 0 fully saturated rings. The van der Waals surface area contributed by atoms with Crippen molar-refractivity contribution in [3.05, 3.63) is 24.0 Å². The van der Waals surface area contributed by atoms with Gasteiger partial charge in [0, 0.05) is 18.9 Å². The highest BCUT2D eigenvalue weighted by Gasteiger charge is 2.04. The van der Waals surface area contributed by atoms with Crippen LogP contribution in [0.5, 0.6) is 0 Å². The number of aromatic nitrogens is 1. The summed E-state index contributed by atoms with van der Waals surface area (Å²) in [4.78, 5) is 13.7. The number of aromatic amines is 1. The molecule has 0 saturated heterocycles. The van der Waals surface area contributed by atoms with Gasteiger partial charge in [0.1, 0.15) is 6.61 Å². The van der Waals surface area contributed by atoms with Crippen molar-refractivity contribution in [1.29, 1.82) is 0 Å². The van der Waals surface area contributed by atoms with Crippen LogP contribution in [0.1, 0.15) is 10.4 Å². The second-order valence-corrected chi connectivity index (χ2v) is 2.02. The van der Waals surface area contributed by atoms with Gasteiger partial charge in [-0.05, 0) is 6.07 Å². The molecule has 0 spiro atoms. The number of nitrogens with two attached hydrogens (primary N) is 1. The van der Waals surface area contributed by atoms with Crippen LogP contribution >= 0.6 is 0 Å². The fourth-order valence-corrected chi connectivity index (χ4v) is 0.686. The van der Waals surface area contributed by atoms with Gasteiger partial charge in [0.05, 0.1) is 5.56 Å². The lowest BCUT2D eigenvalue weighted by Gasteiger charge is -1.98. The second-order valence-electron chi connectivity index (χ2n) is 2.02. The quantitative estimate of drug-likeness (QED) is 0.608. The van der Waals surface area contributed by atoms with Gasteiger partial charge in [-0.15, -0.1) is 0 Å². The Balaban J connectivity index is 2.43. The normalized spacial score (nSPS) is 9.55. The maximum Gasteiger partial charge on any atom is 0.339 e. The lowest BCUT2D eigenvalue weighted by atomic mass is 10.3. The van der Waals surface area contributed by atoms with E-state index in [9.17, 15) is 4.79 Å². The van der Waals surface area contributed by atoms with E-state index < -0.39 is 0 Å². The van der Waals surface area contributed by atoms with Crippen LogP contribution < -0.4 is 5.73 Å². The van der Waals surface area contributed by atoms with Crippen molar-refractivity contribution in [2.24, 2.45) is 5.73 Å². The highest BCUT2D eigenvalue weighted by molar-refractivity contribution is 5.89. The average molecular weight is 154 g/mol. The zero-order valence-corrected chi connectivity index (χ0v) is 6.04. The van der Waals surface area contributed by atoms with Crippen molar-refractivity contribution < 1.29 is 9.53 Å². The van der Waals surface area contributed by atoms with Crippen LogP contribution in [0.2, 0.25) is 0 Å². The van der Waals surface area contributed by atoms with Crippen molar-refractivity contribution in [3.63, 3.8) is 0 Å². The van der Waals surface area contributed by atoms with Gasteiger partial charge < -0.3 is 15.5 Å². The summed E-state index contributed by atoms with van der Waals surface area (Å²) in [5.74, 6) is -0.336. The van der Waals surface area contributed by atoms with Gasteiger partial charge in [-0.1, -0.05) is 0 Å². The fraction of sp³-hybridized carbons (Fsp3) is 0.286. The molecule has 0 saturated carbocycles. The highest BCUT2D eigenvalue weighted by Crippen LogP contribution is 1.98. The fourth-order valence-electron chi connectivity index (χ4n) is 0.686. The van der Waals surface area contributed by atoms with Gasteiger partial charge >= 0.3 is 5.97 Å². The molecule has 60 valence electrons. The third kappa shape index (κ3) is 2.09. The Bertz CT molecular complexity index is 218. The molecule has 0 aliphatic carbocycles. The Morgan fingerprint density at radius 3 is 3.09 bits per heavy atom. The van der Waals surface area contributed by atoms with E-state index in [0.29, 0.717) is 12.1 Å². The SMILES string of the molecule is NCCOC(=O)c1cc[nH]c1. The molecule has 0 radical (unpaired) electrons. The maximum absolute atomic E-state index is 11.0. The van der Waals surface area contributed by atoms with Crippen molar-refractivity contribution in [2.45, 2.75) is 0 Å². The van der Waals surface area contributed by atoms with E-state index in [2.05, 4.69) is 4.98 Å². The molecule has 0 atom stereocenters. The number of H-pyrrole nitrogens is 1. The standard InChI is InChI=1S/C7H10N2O2/c8-2-4-11-7(10)6-1-3-9-5-6/h1,3,5,9H,2,4,8H2. The summed E-state index contributed by atoms with van der Waals surface area (Å²) < 4.78 is 4.75. The molecule has 3 N–H and O–H groups in total. The molecule has 0 aromatic carbocycles. The Hall–Kier alpha value is -1.29. The Kier molecular flexibility index (Phi) is 2.68. The van der Waals surface area contributed by atoms with Gasteiger partial charge in [-0.2, -0.15) is 0 Å². The predicted octanol–water partition coefficient (Wildman–Crippen LogP) is 0.130. The molecule has 4 nitrogen and oxygen atoms in total. The summed E-state index contributed by atoms with van der Waals surface area (Å²) >= 11 is 0. The molecule has 11 heavy (non-hydrogen) atoms. The highest BCUT2D eigenvalue weighted by atomic mass is 16.5. The van der Waals surface area contributed by atoms with Gasteiger partial charge in [-0.25, -0.2) is 4.79 Å². The number of esters is 1. The molecule has 1 aromatic heterocycles. The molecule has 0 amide bonds. The first-order chi connectivity index (χ1) is 5.34. The van der Waals surface area contributed by atoms with Crippen LogP contribution in [0.3, 0.4) is 0 Å². The number of carbonyl (C=O) groups excluding carboxylic acids is 1. The van der Waals surface area contributed by atoms with E-state index in [4.69, 9.17) is 10.5 Å². The number of hydrogen-bond donors (Lipinski definition) is 2. The van der Waals surface area contributed by atoms with Crippen LogP contribution in [0.15, 0.2) is 18.5 Å². The molecule has 1 aromatic rings. The summed E-state index contributed by atoms with van der Waals surface area (Å²) in [6.45, 7) is 0.625. The Morgan fingerprint density at radius 2 is 2.55 bits per heavy atom. The smallest absolute Gasteiger partial charge is 0.339 e. The largest absolute Gasteiger partial charge is 0.461 e. The topological polar surface area (TPSA) is 68.1 Å². The minimum Gasteiger partial charge on any atom is -0.461 e. The van der Waals surface area contributed by atoms with E-state index >= 15 is 0 Å². The second kappa shape index (κ2) is 3.78. The third-order valence-corrected chi connectivity index (χ3v) is 1.18. The molecule has 1 heterocycles. The van der Waals surface area contributed by atoms with Gasteiger partial charge in [0.2, 0.25) is 0 Å². The minimum absolute atomic E-state index is 0.268. The lowest BCUT2D eigenvalue weighted by Crippen LogP contribution is -2.13. The first-order valence-corrected chi connectivity index (χ1v) is 3.34. The van der Waals surface area contributed by atoms with Crippen molar-refractivity contribution in [3.8, 4) is 0 Å². The molecular formula is C7H10N2O2. The molecular weight excluding hydrogens is 144 g/mol. The minimum atomic E-state index is -0.336. The molecule has 0 aliphatic heterocycles. The molecule has 0 unspecified atom stereocenters. The Morgan fingerprint density at radius 1 is 1.73 bits per heavy atom. The van der Waals surface area contributed by atoms with Crippen molar-refractivity contribution in [1.82, 2.24) is 4.98 Å². The Labute approximate surface area is 64.4 Å². The predicted molar refractivity (Wildman–Crippen MR) is 40.1 cm³/mol. The molecule has 4 heteroatoms. The van der Waals surface area contributed by atoms with Crippen LogP contribution in [0.25, 0.3) is 0 Å². The summed E-state index contributed by atoms with van der Waals surface area (Å²) in [5.41, 5.74) is 5.67. The number of ether oxygens (including phenoxy) is 1. The van der Waals surface area contributed by atoms with Crippen LogP contribution in [0, 0.1) is 0 Å². The first-order valence-electron chi connectivity index (χ1n) is 3.34. The van der Waals surface area contributed by atoms with Gasteiger partial charge in [-0.3, -0.25) is 0 Å². The van der Waals surface area contributed by atoms with Gasteiger partial charge in [0.15, 0.2) is 0 Å². The summed E-state index contributed by atoms with van der Waals surface area (Å²) in [6, 6.07) is 1.65. The molecule has 1 rings (SSSR count). The number of carbonyl (C=O) groups is 1. The maximum atomic E-state index is 11.0. The monoisotopic (exact) mass is 154 g/mol. The number of rotatable bonds is 3. The van der Waals surface area contributed by atoms with Crippen LogP contribution in [0.4, 0.5) is 0 Å². The van der Waals surface area contributed by atoms with Crippen LogP contribution in [-0.4, -0.2) is 24.1 Å². The van der Waals surface area contributed by atoms with Gasteiger partial charge in [0.25, 0.3) is 0 Å². The van der Waals surface area contributed by atoms with E-state index in [0.717, 1.165) is 0 Å². The third-order valence-electron chi connectivity index (χ3n) is 1.18. The van der Waals surface area contributed by atoms with E-state index in [1.54, 1.807) is 18.5 Å². The van der Waals surface area contributed by atoms with Crippen molar-refractivity contribution >= 4 is 5.97 Å². The molecule has 0 bridgehead atoms. The number of hydrogen-bond acceptors (Lipinski definition) is 3. The van der Waals surface area contributed by atoms with Crippen molar-refractivity contribution in [2.75, 3.05) is 13.2 Å². The zero-order chi connectivity index (χ0) is 8.10. The summed E-state index contributed by atoms with van der Waals surface area (Å²) in [5, 5.41) is 0. The average Bonchev–Trinajstić information content (AvgIpc) is 2.52. The zero-order valence-electron chi connectivity index (χ0n) is 6.04.